The van der Waals surface area contributed by atoms with Crippen molar-refractivity contribution in [3.05, 3.63) is 29.8 Å². The van der Waals surface area contributed by atoms with Crippen LogP contribution in [-0.4, -0.2) is 29.1 Å². The van der Waals surface area contributed by atoms with Gasteiger partial charge in [-0.2, -0.15) is 5.26 Å². The average molecular weight is 290 g/mol. The second-order valence-electron chi connectivity index (χ2n) is 4.58. The van der Waals surface area contributed by atoms with Crippen molar-refractivity contribution in [3.8, 4) is 11.8 Å². The fraction of sp³-hybridized carbons (Fsp3) is 0.400. The van der Waals surface area contributed by atoms with E-state index in [1.54, 1.807) is 31.2 Å². The highest BCUT2D eigenvalue weighted by molar-refractivity contribution is 5.86. The molecule has 1 amide bonds. The Morgan fingerprint density at radius 3 is 2.48 bits per heavy atom. The van der Waals surface area contributed by atoms with E-state index in [4.69, 9.17) is 15.1 Å². The molecule has 1 aromatic carbocycles. The van der Waals surface area contributed by atoms with Crippen molar-refractivity contribution in [2.45, 2.75) is 38.8 Å². The number of amides is 1. The van der Waals surface area contributed by atoms with Gasteiger partial charge in [0.25, 0.3) is 5.91 Å². The van der Waals surface area contributed by atoms with Gasteiger partial charge < -0.3 is 15.2 Å². The Morgan fingerprint density at radius 1 is 1.38 bits per heavy atom. The normalized spacial score (nSPS) is 12.8. The molecule has 0 aromatic heterocycles. The molecular weight excluding hydrogens is 272 g/mol. The summed E-state index contributed by atoms with van der Waals surface area (Å²) < 4.78 is 5.42. The molecule has 0 bridgehead atoms. The van der Waals surface area contributed by atoms with Crippen LogP contribution in [0.2, 0.25) is 0 Å². The molecule has 6 nitrogen and oxygen atoms in total. The van der Waals surface area contributed by atoms with Gasteiger partial charge in [0.15, 0.2) is 6.10 Å². The molecule has 0 aliphatic heterocycles. The SMILES string of the molecule is CCC[C@H](NC(=O)C(C)Oc1ccc(C#N)cc1)C(=O)O. The van der Waals surface area contributed by atoms with Gasteiger partial charge in [0.1, 0.15) is 11.8 Å². The minimum absolute atomic E-state index is 0.366. The van der Waals surface area contributed by atoms with E-state index >= 15 is 0 Å². The molecule has 0 saturated carbocycles. The van der Waals surface area contributed by atoms with E-state index in [0.717, 1.165) is 0 Å². The molecule has 0 radical (unpaired) electrons. The van der Waals surface area contributed by atoms with Gasteiger partial charge in [0, 0.05) is 0 Å². The number of carbonyl (C=O) groups is 2. The van der Waals surface area contributed by atoms with Crippen LogP contribution < -0.4 is 10.1 Å². The van der Waals surface area contributed by atoms with Crippen LogP contribution in [0.15, 0.2) is 24.3 Å². The minimum Gasteiger partial charge on any atom is -0.481 e. The van der Waals surface area contributed by atoms with Crippen molar-refractivity contribution >= 4 is 11.9 Å². The lowest BCUT2D eigenvalue weighted by Gasteiger charge is -2.18. The third-order valence-electron chi connectivity index (χ3n) is 2.86. The van der Waals surface area contributed by atoms with Gasteiger partial charge in [-0.05, 0) is 37.6 Å². The number of carboxylic acids is 1. The summed E-state index contributed by atoms with van der Waals surface area (Å²) >= 11 is 0. The Morgan fingerprint density at radius 2 is 2.00 bits per heavy atom. The molecule has 0 aliphatic carbocycles. The summed E-state index contributed by atoms with van der Waals surface area (Å²) in [4.78, 5) is 22.9. The van der Waals surface area contributed by atoms with Crippen molar-refractivity contribution in [2.75, 3.05) is 0 Å². The van der Waals surface area contributed by atoms with E-state index < -0.39 is 24.0 Å². The standard InChI is InChI=1S/C15H18N2O4/c1-3-4-13(15(19)20)17-14(18)10(2)21-12-7-5-11(9-16)6-8-12/h5-8,10,13H,3-4H2,1-2H3,(H,17,18)(H,19,20)/t10?,13-/m0/s1. The molecule has 1 unspecified atom stereocenters. The number of rotatable bonds is 7. The van der Waals surface area contributed by atoms with Gasteiger partial charge in [-0.1, -0.05) is 13.3 Å². The van der Waals surface area contributed by atoms with Crippen LogP contribution in [0.5, 0.6) is 5.75 Å². The minimum atomic E-state index is -1.06. The number of ether oxygens (including phenoxy) is 1. The third kappa shape index (κ3) is 5.15. The van der Waals surface area contributed by atoms with Crippen LogP contribution >= 0.6 is 0 Å². The largest absolute Gasteiger partial charge is 0.481 e. The van der Waals surface area contributed by atoms with E-state index in [0.29, 0.717) is 24.2 Å². The monoisotopic (exact) mass is 290 g/mol. The quantitative estimate of drug-likeness (QED) is 0.796. The molecule has 2 atom stereocenters. The van der Waals surface area contributed by atoms with Gasteiger partial charge in [0.05, 0.1) is 11.6 Å². The van der Waals surface area contributed by atoms with Gasteiger partial charge in [-0.3, -0.25) is 4.79 Å². The molecule has 112 valence electrons. The Labute approximate surface area is 123 Å². The van der Waals surface area contributed by atoms with E-state index in [9.17, 15) is 9.59 Å². The molecule has 0 aliphatic rings. The molecular formula is C15H18N2O4. The lowest BCUT2D eigenvalue weighted by molar-refractivity contribution is -0.143. The summed E-state index contributed by atoms with van der Waals surface area (Å²) in [7, 11) is 0. The fourth-order valence-electron chi connectivity index (χ4n) is 1.70. The first-order chi connectivity index (χ1) is 9.97. The predicted molar refractivity (Wildman–Crippen MR) is 75.7 cm³/mol. The fourth-order valence-corrected chi connectivity index (χ4v) is 1.70. The molecule has 6 heteroatoms. The Balaban J connectivity index is 2.61. The maximum absolute atomic E-state index is 11.9. The summed E-state index contributed by atoms with van der Waals surface area (Å²) in [5.41, 5.74) is 0.494. The number of hydrogen-bond donors (Lipinski definition) is 2. The van der Waals surface area contributed by atoms with Gasteiger partial charge >= 0.3 is 5.97 Å². The number of hydrogen-bond acceptors (Lipinski definition) is 4. The molecule has 1 rings (SSSR count). The zero-order chi connectivity index (χ0) is 15.8. The Hall–Kier alpha value is -2.55. The van der Waals surface area contributed by atoms with E-state index in [-0.39, 0.29) is 0 Å². The maximum atomic E-state index is 11.9. The topological polar surface area (TPSA) is 99.4 Å². The average Bonchev–Trinajstić information content (AvgIpc) is 2.47. The zero-order valence-corrected chi connectivity index (χ0v) is 12.0. The maximum Gasteiger partial charge on any atom is 0.326 e. The highest BCUT2D eigenvalue weighted by atomic mass is 16.5. The van der Waals surface area contributed by atoms with E-state index in [1.807, 2.05) is 13.0 Å². The first kappa shape index (κ1) is 16.5. The third-order valence-corrected chi connectivity index (χ3v) is 2.86. The highest BCUT2D eigenvalue weighted by Crippen LogP contribution is 2.13. The van der Waals surface area contributed by atoms with Crippen LogP contribution in [0, 0.1) is 11.3 Å². The van der Waals surface area contributed by atoms with Crippen LogP contribution in [0.4, 0.5) is 0 Å². The summed E-state index contributed by atoms with van der Waals surface area (Å²) in [5, 5.41) is 20.1. The van der Waals surface area contributed by atoms with Gasteiger partial charge in [-0.25, -0.2) is 4.79 Å². The number of carbonyl (C=O) groups excluding carboxylic acids is 1. The number of nitrogens with one attached hydrogen (secondary N) is 1. The number of nitrogens with zero attached hydrogens (tertiary/aromatic N) is 1. The van der Waals surface area contributed by atoms with Crippen molar-refractivity contribution in [1.29, 1.82) is 5.26 Å². The summed E-state index contributed by atoms with van der Waals surface area (Å²) in [6.45, 7) is 3.39. The van der Waals surface area contributed by atoms with Crippen LogP contribution in [0.25, 0.3) is 0 Å². The van der Waals surface area contributed by atoms with E-state index in [2.05, 4.69) is 5.32 Å². The molecule has 21 heavy (non-hydrogen) atoms. The predicted octanol–water partition coefficient (Wildman–Crippen LogP) is 1.70. The highest BCUT2D eigenvalue weighted by Gasteiger charge is 2.23. The Bertz CT molecular complexity index is 534. The van der Waals surface area contributed by atoms with Crippen LogP contribution in [0.1, 0.15) is 32.3 Å². The molecule has 0 saturated heterocycles. The number of benzene rings is 1. The molecule has 1 aromatic rings. The summed E-state index contributed by atoms with van der Waals surface area (Å²) in [5.74, 6) is -1.10. The summed E-state index contributed by atoms with van der Waals surface area (Å²) in [6, 6.07) is 7.41. The van der Waals surface area contributed by atoms with Crippen LogP contribution in [0.3, 0.4) is 0 Å². The van der Waals surface area contributed by atoms with Crippen molar-refractivity contribution in [1.82, 2.24) is 5.32 Å². The van der Waals surface area contributed by atoms with Crippen LogP contribution in [-0.2, 0) is 9.59 Å². The molecule has 2 N–H and O–H groups in total. The first-order valence-electron chi connectivity index (χ1n) is 6.68. The van der Waals surface area contributed by atoms with Crippen molar-refractivity contribution in [2.24, 2.45) is 0 Å². The lowest BCUT2D eigenvalue weighted by Crippen LogP contribution is -2.46. The van der Waals surface area contributed by atoms with Crippen molar-refractivity contribution < 1.29 is 19.4 Å². The summed E-state index contributed by atoms with van der Waals surface area (Å²) in [6.07, 6.45) is 0.198. The first-order valence-corrected chi connectivity index (χ1v) is 6.68. The Kier molecular flexibility index (Phi) is 6.21. The number of carboxylic acid groups (broad SMARTS) is 1. The molecule has 0 heterocycles. The second kappa shape index (κ2) is 7.90. The number of nitriles is 1. The second-order valence-corrected chi connectivity index (χ2v) is 4.58. The smallest absolute Gasteiger partial charge is 0.326 e. The lowest BCUT2D eigenvalue weighted by atomic mass is 10.1. The molecule has 0 spiro atoms. The van der Waals surface area contributed by atoms with E-state index in [1.165, 1.54) is 0 Å². The molecule has 0 fully saturated rings. The number of aliphatic carboxylic acids is 1. The van der Waals surface area contributed by atoms with Gasteiger partial charge in [-0.15, -0.1) is 0 Å². The zero-order valence-electron chi connectivity index (χ0n) is 12.0. The van der Waals surface area contributed by atoms with Gasteiger partial charge in [0.2, 0.25) is 0 Å². The van der Waals surface area contributed by atoms with Crippen molar-refractivity contribution in [3.63, 3.8) is 0 Å².